The number of ether oxygens (including phenoxy) is 1. The maximum atomic E-state index is 13.7. The summed E-state index contributed by atoms with van der Waals surface area (Å²) in [5.41, 5.74) is 0.237. The molecule has 0 saturated carbocycles. The van der Waals surface area contributed by atoms with Crippen LogP contribution in [0, 0.1) is 0 Å². The Balaban J connectivity index is 1.92. The molecule has 0 aliphatic heterocycles. The molecule has 0 aromatic heterocycles. The number of benzene rings is 3. The fourth-order valence-electron chi connectivity index (χ4n) is 3.95. The van der Waals surface area contributed by atoms with Crippen LogP contribution >= 0.6 is 12.6 Å². The first-order chi connectivity index (χ1) is 17.5. The number of anilines is 1. The van der Waals surface area contributed by atoms with E-state index in [-0.39, 0.29) is 18.0 Å². The summed E-state index contributed by atoms with van der Waals surface area (Å²) in [5, 5.41) is 17.5. The van der Waals surface area contributed by atoms with Crippen molar-refractivity contribution in [2.24, 2.45) is 0 Å². The molecule has 3 aromatic carbocycles. The number of hydrogen-bond donors (Lipinski definition) is 4. The van der Waals surface area contributed by atoms with Gasteiger partial charge in [0.05, 0.1) is 0 Å². The van der Waals surface area contributed by atoms with E-state index in [0.717, 1.165) is 10.8 Å². The summed E-state index contributed by atoms with van der Waals surface area (Å²) in [4.78, 5) is 41.0. The molecule has 2 atom stereocenters. The van der Waals surface area contributed by atoms with Crippen LogP contribution < -0.4 is 10.6 Å². The molecular weight excluding hydrogens is 490 g/mol. The number of phenolic OH excluding ortho intramolecular Hbond substituents is 1. The molecular formula is C28H33N3O5S. The third-order valence-electron chi connectivity index (χ3n) is 5.56. The van der Waals surface area contributed by atoms with Crippen molar-refractivity contribution in [2.75, 3.05) is 17.6 Å². The van der Waals surface area contributed by atoms with E-state index in [1.54, 1.807) is 45.9 Å². The molecule has 0 spiro atoms. The van der Waals surface area contributed by atoms with Crippen molar-refractivity contribution in [3.8, 4) is 5.75 Å². The highest BCUT2D eigenvalue weighted by Crippen LogP contribution is 2.27. The Morgan fingerprint density at radius 3 is 2.32 bits per heavy atom. The monoisotopic (exact) mass is 523 g/mol. The predicted molar refractivity (Wildman–Crippen MR) is 148 cm³/mol. The van der Waals surface area contributed by atoms with Crippen LogP contribution in [0.3, 0.4) is 0 Å². The molecule has 0 fully saturated rings. The number of carbonyl (C=O) groups is 3. The third kappa shape index (κ3) is 7.39. The molecule has 0 bridgehead atoms. The van der Waals surface area contributed by atoms with Crippen molar-refractivity contribution in [1.82, 2.24) is 10.2 Å². The fraction of sp³-hybridized carbons (Fsp3) is 0.321. The minimum atomic E-state index is -1.08. The van der Waals surface area contributed by atoms with Gasteiger partial charge in [-0.3, -0.25) is 9.59 Å². The smallest absolute Gasteiger partial charge is 0.408 e. The maximum absolute atomic E-state index is 13.7. The number of carbonyl (C=O) groups excluding carboxylic acids is 3. The SMILES string of the molecule is CCN(C(=O)C(CS)NC(=O)OC(C)(C)C)C(C(=O)Nc1ccc2ccccc2c1)c1cccc(O)c1. The number of thiol groups is 1. The zero-order valence-corrected chi connectivity index (χ0v) is 22.3. The van der Waals surface area contributed by atoms with Gasteiger partial charge in [-0.05, 0) is 68.3 Å². The molecule has 2 unspecified atom stereocenters. The van der Waals surface area contributed by atoms with E-state index < -0.39 is 35.6 Å². The number of phenols is 1. The standard InChI is InChI=1S/C28H33N3O5S/c1-5-31(26(34)23(17-37)30-27(35)36-28(2,3)4)24(20-11-8-12-22(32)16-20)25(33)29-21-14-13-18-9-6-7-10-19(18)15-21/h6-16,23-24,32,37H,5,17H2,1-4H3,(H,29,33)(H,30,35). The molecule has 0 heterocycles. The highest BCUT2D eigenvalue weighted by atomic mass is 32.1. The summed E-state index contributed by atoms with van der Waals surface area (Å²) in [6.45, 7) is 7.05. The van der Waals surface area contributed by atoms with Crippen LogP contribution in [0.5, 0.6) is 5.75 Å². The number of nitrogens with one attached hydrogen (secondary N) is 2. The van der Waals surface area contributed by atoms with Crippen molar-refractivity contribution < 1.29 is 24.2 Å². The highest BCUT2D eigenvalue weighted by molar-refractivity contribution is 7.80. The zero-order chi connectivity index (χ0) is 27.2. The summed E-state index contributed by atoms with van der Waals surface area (Å²) in [6, 6.07) is 17.4. The highest BCUT2D eigenvalue weighted by Gasteiger charge is 2.35. The Hall–Kier alpha value is -3.72. The Morgan fingerprint density at radius 2 is 1.70 bits per heavy atom. The number of likely N-dealkylation sites (N-methyl/N-ethyl adjacent to an activating group) is 1. The summed E-state index contributed by atoms with van der Waals surface area (Å²) < 4.78 is 5.29. The molecule has 3 rings (SSSR count). The second-order valence-electron chi connectivity index (χ2n) is 9.55. The molecule has 0 aliphatic rings. The maximum Gasteiger partial charge on any atom is 0.408 e. The minimum Gasteiger partial charge on any atom is -0.508 e. The van der Waals surface area contributed by atoms with E-state index in [0.29, 0.717) is 11.3 Å². The zero-order valence-electron chi connectivity index (χ0n) is 21.4. The summed E-state index contributed by atoms with van der Waals surface area (Å²) in [5.74, 6) is -1.02. The van der Waals surface area contributed by atoms with Crippen LogP contribution in [-0.4, -0.2) is 51.9 Å². The lowest BCUT2D eigenvalue weighted by Gasteiger charge is -2.33. The number of nitrogens with zero attached hydrogens (tertiary/aromatic N) is 1. The number of alkyl carbamates (subject to hydrolysis) is 1. The van der Waals surface area contributed by atoms with Gasteiger partial charge < -0.3 is 25.4 Å². The topological polar surface area (TPSA) is 108 Å². The fourth-order valence-corrected chi connectivity index (χ4v) is 4.19. The molecule has 196 valence electrons. The van der Waals surface area contributed by atoms with E-state index in [1.807, 2.05) is 36.4 Å². The van der Waals surface area contributed by atoms with Gasteiger partial charge in [0.15, 0.2) is 0 Å². The Kier molecular flexibility index (Phi) is 9.04. The van der Waals surface area contributed by atoms with E-state index >= 15 is 0 Å². The van der Waals surface area contributed by atoms with Gasteiger partial charge in [0, 0.05) is 18.0 Å². The predicted octanol–water partition coefficient (Wildman–Crippen LogP) is 4.90. The molecule has 0 aliphatic carbocycles. The first-order valence-corrected chi connectivity index (χ1v) is 12.6. The first-order valence-electron chi connectivity index (χ1n) is 12.0. The molecule has 8 nitrogen and oxygen atoms in total. The van der Waals surface area contributed by atoms with E-state index in [1.165, 1.54) is 17.0 Å². The van der Waals surface area contributed by atoms with Gasteiger partial charge in [0.1, 0.15) is 23.4 Å². The summed E-state index contributed by atoms with van der Waals surface area (Å²) >= 11 is 4.25. The van der Waals surface area contributed by atoms with Gasteiger partial charge in [-0.1, -0.05) is 42.5 Å². The molecule has 9 heteroatoms. The average molecular weight is 524 g/mol. The summed E-state index contributed by atoms with van der Waals surface area (Å²) in [7, 11) is 0. The van der Waals surface area contributed by atoms with Crippen LogP contribution in [-0.2, 0) is 14.3 Å². The van der Waals surface area contributed by atoms with Crippen LogP contribution in [0.4, 0.5) is 10.5 Å². The molecule has 0 radical (unpaired) electrons. The normalized spacial score (nSPS) is 12.9. The third-order valence-corrected chi connectivity index (χ3v) is 5.92. The van der Waals surface area contributed by atoms with E-state index in [9.17, 15) is 19.5 Å². The lowest BCUT2D eigenvalue weighted by atomic mass is 10.0. The summed E-state index contributed by atoms with van der Waals surface area (Å²) in [6.07, 6.45) is -0.759. The van der Waals surface area contributed by atoms with Gasteiger partial charge in [0.25, 0.3) is 5.91 Å². The quantitative estimate of drug-likeness (QED) is 0.314. The van der Waals surface area contributed by atoms with Crippen molar-refractivity contribution in [2.45, 2.75) is 45.4 Å². The Bertz CT molecular complexity index is 1270. The largest absolute Gasteiger partial charge is 0.508 e. The lowest BCUT2D eigenvalue weighted by molar-refractivity contribution is -0.140. The lowest BCUT2D eigenvalue weighted by Crippen LogP contribution is -2.53. The number of rotatable bonds is 8. The van der Waals surface area contributed by atoms with Crippen LogP contribution in [0.2, 0.25) is 0 Å². The van der Waals surface area contributed by atoms with Gasteiger partial charge >= 0.3 is 6.09 Å². The molecule has 3 amide bonds. The minimum absolute atomic E-state index is 0.00632. The number of aromatic hydroxyl groups is 1. The van der Waals surface area contributed by atoms with Gasteiger partial charge in [-0.25, -0.2) is 4.79 Å². The second-order valence-corrected chi connectivity index (χ2v) is 9.92. The van der Waals surface area contributed by atoms with Gasteiger partial charge in [0.2, 0.25) is 5.91 Å². The second kappa shape index (κ2) is 12.0. The van der Waals surface area contributed by atoms with E-state index in [2.05, 4.69) is 23.3 Å². The number of fused-ring (bicyclic) bond motifs is 1. The molecule has 37 heavy (non-hydrogen) atoms. The van der Waals surface area contributed by atoms with Gasteiger partial charge in [-0.2, -0.15) is 12.6 Å². The molecule has 0 saturated heterocycles. The Labute approximate surface area is 222 Å². The van der Waals surface area contributed by atoms with Gasteiger partial charge in [-0.15, -0.1) is 0 Å². The Morgan fingerprint density at radius 1 is 1.00 bits per heavy atom. The average Bonchev–Trinajstić information content (AvgIpc) is 2.84. The van der Waals surface area contributed by atoms with Crippen LogP contribution in [0.25, 0.3) is 10.8 Å². The van der Waals surface area contributed by atoms with Crippen molar-refractivity contribution >= 4 is 47.0 Å². The number of amides is 3. The first kappa shape index (κ1) is 27.9. The van der Waals surface area contributed by atoms with Crippen LogP contribution in [0.1, 0.15) is 39.3 Å². The molecule has 3 aromatic rings. The van der Waals surface area contributed by atoms with Crippen LogP contribution in [0.15, 0.2) is 66.7 Å². The van der Waals surface area contributed by atoms with Crippen molar-refractivity contribution in [3.05, 3.63) is 72.3 Å². The van der Waals surface area contributed by atoms with E-state index in [4.69, 9.17) is 4.74 Å². The van der Waals surface area contributed by atoms with Crippen molar-refractivity contribution in [1.29, 1.82) is 0 Å². The number of hydrogen-bond acceptors (Lipinski definition) is 6. The van der Waals surface area contributed by atoms with Crippen molar-refractivity contribution in [3.63, 3.8) is 0 Å². The molecule has 3 N–H and O–H groups in total.